The van der Waals surface area contributed by atoms with Crippen molar-refractivity contribution < 1.29 is 14.0 Å². The van der Waals surface area contributed by atoms with Gasteiger partial charge in [0.1, 0.15) is 17.7 Å². The van der Waals surface area contributed by atoms with Gasteiger partial charge in [0, 0.05) is 12.1 Å². The number of amides is 2. The van der Waals surface area contributed by atoms with Crippen LogP contribution in [0.3, 0.4) is 0 Å². The average molecular weight is 377 g/mol. The van der Waals surface area contributed by atoms with Crippen LogP contribution < -0.4 is 16.6 Å². The van der Waals surface area contributed by atoms with Crippen molar-refractivity contribution in [2.75, 3.05) is 5.73 Å². The van der Waals surface area contributed by atoms with Gasteiger partial charge in [0.25, 0.3) is 17.4 Å². The van der Waals surface area contributed by atoms with E-state index in [1.165, 1.54) is 6.07 Å². The summed E-state index contributed by atoms with van der Waals surface area (Å²) in [6, 6.07) is 4.88. The zero-order valence-corrected chi connectivity index (χ0v) is 12.8. The quantitative estimate of drug-likeness (QED) is 0.721. The van der Waals surface area contributed by atoms with Crippen molar-refractivity contribution in [1.82, 2.24) is 9.88 Å². The van der Waals surface area contributed by atoms with E-state index < -0.39 is 23.2 Å². The molecule has 2 aromatic rings. The van der Waals surface area contributed by atoms with Gasteiger partial charge in [-0.2, -0.15) is 5.26 Å². The number of halogens is 2. The number of carbonyl (C=O) groups is 2. The Labute approximate surface area is 136 Å². The van der Waals surface area contributed by atoms with Crippen molar-refractivity contribution in [3.8, 4) is 11.8 Å². The van der Waals surface area contributed by atoms with Gasteiger partial charge in [0.2, 0.25) is 0 Å². The normalized spacial score (nSPS) is 12.7. The highest BCUT2D eigenvalue weighted by molar-refractivity contribution is 9.10. The summed E-state index contributed by atoms with van der Waals surface area (Å²) in [6.07, 6.45) is 0. The molecule has 3 rings (SSSR count). The number of nitriles is 1. The predicted octanol–water partition coefficient (Wildman–Crippen LogP) is 1.08. The molecule has 7 nitrogen and oxygen atoms in total. The molecule has 0 spiro atoms. The molecular weight excluding hydrogens is 371 g/mol. The van der Waals surface area contributed by atoms with Crippen LogP contribution in [0.5, 0.6) is 0 Å². The molecule has 3 N–H and O–H groups in total. The van der Waals surface area contributed by atoms with Crippen molar-refractivity contribution >= 4 is 33.6 Å². The fourth-order valence-electron chi connectivity index (χ4n) is 2.34. The second-order valence-corrected chi connectivity index (χ2v) is 5.52. The van der Waals surface area contributed by atoms with E-state index in [4.69, 9.17) is 5.73 Å². The molecule has 23 heavy (non-hydrogen) atoms. The van der Waals surface area contributed by atoms with Crippen molar-refractivity contribution in [2.24, 2.45) is 0 Å². The molecular formula is C14H6BrFN4O3. The van der Waals surface area contributed by atoms with Crippen LogP contribution >= 0.6 is 15.9 Å². The molecule has 0 saturated carbocycles. The molecule has 114 valence electrons. The van der Waals surface area contributed by atoms with E-state index in [9.17, 15) is 24.0 Å². The second kappa shape index (κ2) is 5.03. The standard InChI is InChI=1S/C14H6BrFN4O3/c15-7-1-5(4-17)9(3-8(7)16)20-10(21)2-6-11(12(20)18)14(23)19-13(6)22/h1-3H,18H2,(H,19,22,23). The van der Waals surface area contributed by atoms with Crippen LogP contribution in [0.4, 0.5) is 10.2 Å². The van der Waals surface area contributed by atoms with Crippen LogP contribution in [0.2, 0.25) is 0 Å². The maximum Gasteiger partial charge on any atom is 0.262 e. The molecule has 0 saturated heterocycles. The monoisotopic (exact) mass is 376 g/mol. The van der Waals surface area contributed by atoms with Crippen LogP contribution in [-0.4, -0.2) is 16.4 Å². The summed E-state index contributed by atoms with van der Waals surface area (Å²) in [5.41, 5.74) is 4.60. The van der Waals surface area contributed by atoms with E-state index in [1.54, 1.807) is 0 Å². The van der Waals surface area contributed by atoms with Crippen LogP contribution in [0.1, 0.15) is 26.3 Å². The fraction of sp³-hybridized carbons (Fsp3) is 0. The maximum absolute atomic E-state index is 13.8. The van der Waals surface area contributed by atoms with Crippen molar-refractivity contribution in [2.45, 2.75) is 0 Å². The molecule has 0 aliphatic carbocycles. The van der Waals surface area contributed by atoms with Gasteiger partial charge in [-0.3, -0.25) is 24.3 Å². The minimum atomic E-state index is -0.760. The lowest BCUT2D eigenvalue weighted by atomic mass is 10.1. The number of hydrogen-bond acceptors (Lipinski definition) is 5. The summed E-state index contributed by atoms with van der Waals surface area (Å²) in [4.78, 5) is 35.7. The summed E-state index contributed by atoms with van der Waals surface area (Å²) >= 11 is 2.94. The highest BCUT2D eigenvalue weighted by Crippen LogP contribution is 2.27. The Morgan fingerprint density at radius 3 is 2.57 bits per heavy atom. The Bertz CT molecular complexity index is 1010. The molecule has 1 aromatic carbocycles. The van der Waals surface area contributed by atoms with E-state index in [-0.39, 0.29) is 32.7 Å². The SMILES string of the molecule is N#Cc1cc(Br)c(F)cc1-n1c(N)c2c(cc1=O)C(=O)NC2=O. The first-order chi connectivity index (χ1) is 10.8. The van der Waals surface area contributed by atoms with Gasteiger partial charge < -0.3 is 5.73 Å². The highest BCUT2D eigenvalue weighted by Gasteiger charge is 2.32. The minimum Gasteiger partial charge on any atom is -0.384 e. The van der Waals surface area contributed by atoms with Gasteiger partial charge in [0.15, 0.2) is 0 Å². The Morgan fingerprint density at radius 1 is 1.22 bits per heavy atom. The molecule has 9 heteroatoms. The minimum absolute atomic E-state index is 0.0308. The van der Waals surface area contributed by atoms with Gasteiger partial charge in [-0.25, -0.2) is 4.39 Å². The topological polar surface area (TPSA) is 118 Å². The van der Waals surface area contributed by atoms with E-state index in [1.807, 2.05) is 11.4 Å². The van der Waals surface area contributed by atoms with Crippen LogP contribution in [0.25, 0.3) is 5.69 Å². The smallest absolute Gasteiger partial charge is 0.262 e. The number of nitrogens with two attached hydrogens (primary N) is 1. The number of rotatable bonds is 1. The van der Waals surface area contributed by atoms with E-state index in [0.29, 0.717) is 0 Å². The number of benzene rings is 1. The average Bonchev–Trinajstić information content (AvgIpc) is 2.77. The molecule has 0 radical (unpaired) electrons. The maximum atomic E-state index is 13.8. The Hall–Kier alpha value is -2.99. The van der Waals surface area contributed by atoms with Gasteiger partial charge in [-0.1, -0.05) is 0 Å². The number of nitrogens with zero attached hydrogens (tertiary/aromatic N) is 2. The van der Waals surface area contributed by atoms with Gasteiger partial charge in [-0.05, 0) is 22.0 Å². The number of hydrogen-bond donors (Lipinski definition) is 2. The Morgan fingerprint density at radius 2 is 1.91 bits per heavy atom. The predicted molar refractivity (Wildman–Crippen MR) is 80.6 cm³/mol. The summed E-state index contributed by atoms with van der Waals surface area (Å²) in [5.74, 6) is -2.55. The Balaban J connectivity index is 2.41. The molecule has 0 atom stereocenters. The van der Waals surface area contributed by atoms with Crippen molar-refractivity contribution in [1.29, 1.82) is 5.26 Å². The molecule has 0 bridgehead atoms. The third-order valence-corrected chi connectivity index (χ3v) is 3.96. The number of pyridine rings is 1. The number of imide groups is 1. The number of anilines is 1. The van der Waals surface area contributed by atoms with E-state index in [0.717, 1.165) is 16.7 Å². The number of nitrogens with one attached hydrogen (secondary N) is 1. The molecule has 1 aliphatic rings. The fourth-order valence-corrected chi connectivity index (χ4v) is 2.68. The van der Waals surface area contributed by atoms with Crippen molar-refractivity contribution in [3.63, 3.8) is 0 Å². The highest BCUT2D eigenvalue weighted by atomic mass is 79.9. The molecule has 2 heterocycles. The molecule has 1 aromatic heterocycles. The van der Waals surface area contributed by atoms with Gasteiger partial charge in [-0.15, -0.1) is 0 Å². The van der Waals surface area contributed by atoms with Crippen LogP contribution in [0.15, 0.2) is 27.5 Å². The largest absolute Gasteiger partial charge is 0.384 e. The lowest BCUT2D eigenvalue weighted by molar-refractivity contribution is 0.0880. The molecule has 0 fully saturated rings. The third-order valence-electron chi connectivity index (χ3n) is 3.35. The summed E-state index contributed by atoms with van der Waals surface area (Å²) in [6.45, 7) is 0. The van der Waals surface area contributed by atoms with Crippen LogP contribution in [-0.2, 0) is 0 Å². The molecule has 2 amide bonds. The number of carbonyl (C=O) groups excluding carboxylic acids is 2. The van der Waals surface area contributed by atoms with Gasteiger partial charge in [0.05, 0.1) is 26.9 Å². The van der Waals surface area contributed by atoms with Gasteiger partial charge >= 0.3 is 0 Å². The Kier molecular flexibility index (Phi) is 3.26. The second-order valence-electron chi connectivity index (χ2n) is 4.67. The summed E-state index contributed by atoms with van der Waals surface area (Å²) in [5, 5.41) is 11.2. The first-order valence-electron chi connectivity index (χ1n) is 6.16. The van der Waals surface area contributed by atoms with E-state index in [2.05, 4.69) is 15.9 Å². The zero-order chi connectivity index (χ0) is 16.9. The number of aromatic nitrogens is 1. The molecule has 1 aliphatic heterocycles. The zero-order valence-electron chi connectivity index (χ0n) is 11.2. The molecule has 0 unspecified atom stereocenters. The summed E-state index contributed by atoms with van der Waals surface area (Å²) in [7, 11) is 0. The lowest BCUT2D eigenvalue weighted by Crippen LogP contribution is -2.24. The number of fused-ring (bicyclic) bond motifs is 1. The van der Waals surface area contributed by atoms with E-state index >= 15 is 0 Å². The van der Waals surface area contributed by atoms with Crippen LogP contribution in [0, 0.1) is 17.1 Å². The first kappa shape index (κ1) is 14.9. The first-order valence-corrected chi connectivity index (χ1v) is 6.95. The van der Waals surface area contributed by atoms with Crippen molar-refractivity contribution in [3.05, 3.63) is 55.5 Å². The number of nitrogen functional groups attached to an aromatic ring is 1. The third kappa shape index (κ3) is 2.11. The lowest BCUT2D eigenvalue weighted by Gasteiger charge is -2.13. The summed E-state index contributed by atoms with van der Waals surface area (Å²) < 4.78 is 14.7.